The van der Waals surface area contributed by atoms with Gasteiger partial charge in [-0.15, -0.1) is 0 Å². The van der Waals surface area contributed by atoms with E-state index in [4.69, 9.17) is 4.74 Å². The molecule has 0 atom stereocenters. The maximum absolute atomic E-state index is 12.9. The van der Waals surface area contributed by atoms with Crippen molar-refractivity contribution >= 4 is 21.8 Å². The molecule has 0 aromatic heterocycles. The number of sulfonamides is 1. The Labute approximate surface area is 172 Å². The van der Waals surface area contributed by atoms with Gasteiger partial charge < -0.3 is 15.0 Å². The zero-order valence-corrected chi connectivity index (χ0v) is 17.8. The molecule has 10 heteroatoms. The van der Waals surface area contributed by atoms with E-state index in [1.54, 1.807) is 17.0 Å². The number of amides is 2. The Hall–Kier alpha value is -2.01. The molecule has 1 aromatic carbocycles. The van der Waals surface area contributed by atoms with E-state index in [1.165, 1.54) is 19.2 Å². The summed E-state index contributed by atoms with van der Waals surface area (Å²) in [4.78, 5) is 28.5. The van der Waals surface area contributed by atoms with Crippen molar-refractivity contribution in [2.45, 2.75) is 18.2 Å². The van der Waals surface area contributed by atoms with E-state index < -0.39 is 10.0 Å². The van der Waals surface area contributed by atoms with Gasteiger partial charge in [-0.3, -0.25) is 14.5 Å². The number of nitrogens with one attached hydrogen (secondary N) is 2. The molecule has 1 aliphatic rings. The lowest BCUT2D eigenvalue weighted by Gasteiger charge is -2.22. The van der Waals surface area contributed by atoms with Crippen LogP contribution in [0.5, 0.6) is 0 Å². The van der Waals surface area contributed by atoms with Gasteiger partial charge in [0.1, 0.15) is 0 Å². The lowest BCUT2D eigenvalue weighted by atomic mass is 10.2. The number of carbonyl (C=O) groups excluding carboxylic acids is 2. The molecule has 29 heavy (non-hydrogen) atoms. The zero-order valence-electron chi connectivity index (χ0n) is 17.0. The second-order valence-electron chi connectivity index (χ2n) is 6.79. The molecule has 0 radical (unpaired) electrons. The van der Waals surface area contributed by atoms with Gasteiger partial charge in [0.15, 0.2) is 0 Å². The fourth-order valence-corrected chi connectivity index (χ4v) is 4.19. The highest BCUT2D eigenvalue weighted by Crippen LogP contribution is 2.15. The fraction of sp³-hybridized carbons (Fsp3) is 0.579. The Morgan fingerprint density at radius 2 is 1.97 bits per heavy atom. The topological polar surface area (TPSA) is 108 Å². The molecule has 1 saturated heterocycles. The molecule has 1 fully saturated rings. The van der Waals surface area contributed by atoms with Crippen molar-refractivity contribution in [3.8, 4) is 0 Å². The molecule has 2 amide bonds. The van der Waals surface area contributed by atoms with E-state index >= 15 is 0 Å². The van der Waals surface area contributed by atoms with Gasteiger partial charge in [-0.2, -0.15) is 0 Å². The van der Waals surface area contributed by atoms with E-state index in [0.29, 0.717) is 38.3 Å². The normalized spacial score (nSPS) is 15.7. The third-order valence-electron chi connectivity index (χ3n) is 4.61. The predicted molar refractivity (Wildman–Crippen MR) is 109 cm³/mol. The maximum Gasteiger partial charge on any atom is 0.253 e. The average Bonchev–Trinajstić information content (AvgIpc) is 2.93. The molecule has 1 aromatic rings. The van der Waals surface area contributed by atoms with E-state index in [1.807, 2.05) is 11.8 Å². The van der Waals surface area contributed by atoms with Crippen LogP contribution in [-0.4, -0.2) is 89.6 Å². The van der Waals surface area contributed by atoms with Crippen molar-refractivity contribution < 1.29 is 22.7 Å². The summed E-state index contributed by atoms with van der Waals surface area (Å²) >= 11 is 0. The third kappa shape index (κ3) is 7.07. The molecule has 0 spiro atoms. The van der Waals surface area contributed by atoms with Crippen LogP contribution in [0.2, 0.25) is 0 Å². The van der Waals surface area contributed by atoms with Crippen molar-refractivity contribution in [3.05, 3.63) is 29.8 Å². The lowest BCUT2D eigenvalue weighted by Crippen LogP contribution is -2.40. The van der Waals surface area contributed by atoms with Gasteiger partial charge in [0.2, 0.25) is 15.9 Å². The molecule has 1 heterocycles. The van der Waals surface area contributed by atoms with E-state index in [9.17, 15) is 18.0 Å². The van der Waals surface area contributed by atoms with Crippen LogP contribution in [0.4, 0.5) is 0 Å². The highest BCUT2D eigenvalue weighted by molar-refractivity contribution is 7.89. The number of nitrogens with zero attached hydrogens (tertiary/aromatic N) is 2. The predicted octanol–water partition coefficient (Wildman–Crippen LogP) is -0.105. The van der Waals surface area contributed by atoms with Crippen molar-refractivity contribution in [3.63, 3.8) is 0 Å². The van der Waals surface area contributed by atoms with Crippen LogP contribution >= 0.6 is 0 Å². The van der Waals surface area contributed by atoms with Gasteiger partial charge in [0, 0.05) is 51.9 Å². The van der Waals surface area contributed by atoms with Crippen molar-refractivity contribution in [1.29, 1.82) is 0 Å². The quantitative estimate of drug-likeness (QED) is 0.534. The Kier molecular flexibility index (Phi) is 9.02. The first-order valence-corrected chi connectivity index (χ1v) is 11.2. The number of ether oxygens (including phenoxy) is 1. The number of rotatable bonds is 9. The van der Waals surface area contributed by atoms with Gasteiger partial charge in [-0.25, -0.2) is 13.1 Å². The molecule has 9 nitrogen and oxygen atoms in total. The molecule has 0 aliphatic carbocycles. The SMILES string of the molecule is CCNC(=O)CN1CCCN(C(=O)c2cccc(S(=O)(=O)NCCOC)c2)CC1. The van der Waals surface area contributed by atoms with Gasteiger partial charge in [0.25, 0.3) is 5.91 Å². The molecule has 2 N–H and O–H groups in total. The standard InChI is InChI=1S/C19H30N4O5S/c1-3-20-18(24)15-22-9-5-10-23(12-11-22)19(25)16-6-4-7-17(14-16)29(26,27)21-8-13-28-2/h4,6-7,14,21H,3,5,8-13,15H2,1-2H3,(H,20,24). The number of likely N-dealkylation sites (N-methyl/N-ethyl adjacent to an activating group) is 1. The monoisotopic (exact) mass is 426 g/mol. The van der Waals surface area contributed by atoms with Crippen molar-refractivity contribution in [2.24, 2.45) is 0 Å². The first-order chi connectivity index (χ1) is 13.9. The molecule has 162 valence electrons. The zero-order chi connectivity index (χ0) is 21.3. The number of hydrogen-bond donors (Lipinski definition) is 2. The summed E-state index contributed by atoms with van der Waals surface area (Å²) < 4.78 is 32.1. The van der Waals surface area contributed by atoms with E-state index in [2.05, 4.69) is 10.0 Å². The Balaban J connectivity index is 2.02. The fourth-order valence-electron chi connectivity index (χ4n) is 3.13. The van der Waals surface area contributed by atoms with Crippen LogP contribution in [0.3, 0.4) is 0 Å². The first kappa shape index (κ1) is 23.3. The third-order valence-corrected chi connectivity index (χ3v) is 6.07. The van der Waals surface area contributed by atoms with Crippen LogP contribution in [-0.2, 0) is 19.6 Å². The average molecular weight is 427 g/mol. The summed E-state index contributed by atoms with van der Waals surface area (Å²) in [6.45, 7) is 5.59. The van der Waals surface area contributed by atoms with Crippen LogP contribution < -0.4 is 10.0 Å². The Morgan fingerprint density at radius 3 is 2.69 bits per heavy atom. The summed E-state index contributed by atoms with van der Waals surface area (Å²) in [7, 11) is -2.22. The minimum atomic E-state index is -3.71. The maximum atomic E-state index is 12.9. The van der Waals surface area contributed by atoms with Crippen LogP contribution in [0.1, 0.15) is 23.7 Å². The molecule has 0 unspecified atom stereocenters. The molecule has 2 rings (SSSR count). The second kappa shape index (κ2) is 11.2. The van der Waals surface area contributed by atoms with E-state index in [0.717, 1.165) is 13.0 Å². The van der Waals surface area contributed by atoms with Gasteiger partial charge >= 0.3 is 0 Å². The van der Waals surface area contributed by atoms with E-state index in [-0.39, 0.29) is 29.9 Å². The lowest BCUT2D eigenvalue weighted by molar-refractivity contribution is -0.122. The largest absolute Gasteiger partial charge is 0.383 e. The Morgan fingerprint density at radius 1 is 1.17 bits per heavy atom. The van der Waals surface area contributed by atoms with Gasteiger partial charge in [0.05, 0.1) is 18.0 Å². The summed E-state index contributed by atoms with van der Waals surface area (Å²) in [5, 5.41) is 2.78. The van der Waals surface area contributed by atoms with Gasteiger partial charge in [-0.1, -0.05) is 6.07 Å². The molecule has 0 saturated carbocycles. The van der Waals surface area contributed by atoms with Crippen molar-refractivity contribution in [2.75, 3.05) is 59.5 Å². The molecular formula is C19H30N4O5S. The van der Waals surface area contributed by atoms with Crippen LogP contribution in [0.15, 0.2) is 29.2 Å². The number of carbonyl (C=O) groups is 2. The minimum Gasteiger partial charge on any atom is -0.383 e. The molecule has 1 aliphatic heterocycles. The first-order valence-electron chi connectivity index (χ1n) is 9.74. The van der Waals surface area contributed by atoms with Gasteiger partial charge in [-0.05, 0) is 31.5 Å². The van der Waals surface area contributed by atoms with Crippen LogP contribution in [0.25, 0.3) is 0 Å². The smallest absolute Gasteiger partial charge is 0.253 e. The minimum absolute atomic E-state index is 0.0221. The Bertz CT molecular complexity index is 800. The summed E-state index contributed by atoms with van der Waals surface area (Å²) in [5.41, 5.74) is 0.330. The number of methoxy groups -OCH3 is 1. The summed E-state index contributed by atoms with van der Waals surface area (Å²) in [6, 6.07) is 6.04. The highest BCUT2D eigenvalue weighted by atomic mass is 32.2. The summed E-state index contributed by atoms with van der Waals surface area (Å²) in [5.74, 6) is -0.232. The van der Waals surface area contributed by atoms with Crippen LogP contribution in [0, 0.1) is 0 Å². The molecular weight excluding hydrogens is 396 g/mol. The summed E-state index contributed by atoms with van der Waals surface area (Å²) in [6.07, 6.45) is 0.752. The highest BCUT2D eigenvalue weighted by Gasteiger charge is 2.23. The number of benzene rings is 1. The second-order valence-corrected chi connectivity index (χ2v) is 8.56. The van der Waals surface area contributed by atoms with Crippen molar-refractivity contribution in [1.82, 2.24) is 19.8 Å². The number of hydrogen-bond acceptors (Lipinski definition) is 6. The molecule has 0 bridgehead atoms.